The molecule has 0 radical (unpaired) electrons. The van der Waals surface area contributed by atoms with Gasteiger partial charge in [-0.25, -0.2) is 0 Å². The number of hydrogen-bond acceptors (Lipinski definition) is 1. The maximum Gasteiger partial charge on any atom is 0.416 e. The number of aliphatic imine (C=N–C) groups is 1. The van der Waals surface area contributed by atoms with Crippen molar-refractivity contribution >= 4 is 17.8 Å². The molecular weight excluding hydrogens is 277 g/mol. The smallest absolute Gasteiger partial charge is 0.361 e. The van der Waals surface area contributed by atoms with E-state index in [0.29, 0.717) is 16.8 Å². The van der Waals surface area contributed by atoms with E-state index in [2.05, 4.69) is 9.98 Å². The Morgan fingerprint density at radius 1 is 1.26 bits per heavy atom. The van der Waals surface area contributed by atoms with Gasteiger partial charge in [0.25, 0.3) is 0 Å². The lowest BCUT2D eigenvalue weighted by molar-refractivity contribution is -0.137. The molecule has 2 nitrogen and oxygen atoms in total. The number of halogens is 4. The van der Waals surface area contributed by atoms with Gasteiger partial charge in [0.2, 0.25) is 0 Å². The first kappa shape index (κ1) is 13.7. The van der Waals surface area contributed by atoms with E-state index >= 15 is 0 Å². The number of H-pyrrole nitrogens is 1. The molecule has 2 rings (SSSR count). The zero-order chi connectivity index (χ0) is 14.0. The van der Waals surface area contributed by atoms with Crippen molar-refractivity contribution in [2.45, 2.75) is 6.18 Å². The third kappa shape index (κ3) is 2.81. The van der Waals surface area contributed by atoms with Crippen LogP contribution in [0.2, 0.25) is 5.02 Å². The van der Waals surface area contributed by atoms with E-state index in [9.17, 15) is 13.2 Å². The highest BCUT2D eigenvalue weighted by molar-refractivity contribution is 6.33. The molecule has 0 atom stereocenters. The molecule has 0 saturated heterocycles. The van der Waals surface area contributed by atoms with Gasteiger partial charge < -0.3 is 4.98 Å². The summed E-state index contributed by atoms with van der Waals surface area (Å²) in [7, 11) is 1.59. The normalized spacial score (nSPS) is 12.3. The summed E-state index contributed by atoms with van der Waals surface area (Å²) in [5, 5.41) is 0.251. The van der Waals surface area contributed by atoms with E-state index in [1.54, 1.807) is 25.5 Å². The Morgan fingerprint density at radius 2 is 2.00 bits per heavy atom. The molecule has 1 heterocycles. The third-order valence-electron chi connectivity index (χ3n) is 2.61. The van der Waals surface area contributed by atoms with Crippen LogP contribution in [0.25, 0.3) is 11.3 Å². The van der Waals surface area contributed by atoms with Gasteiger partial charge in [-0.3, -0.25) is 4.99 Å². The van der Waals surface area contributed by atoms with Gasteiger partial charge in [-0.15, -0.1) is 0 Å². The third-order valence-corrected chi connectivity index (χ3v) is 2.94. The Kier molecular flexibility index (Phi) is 3.66. The van der Waals surface area contributed by atoms with E-state index in [-0.39, 0.29) is 5.02 Å². The summed E-state index contributed by atoms with van der Waals surface area (Å²) in [5.41, 5.74) is 0.766. The minimum Gasteiger partial charge on any atom is -0.361 e. The molecule has 0 spiro atoms. The van der Waals surface area contributed by atoms with E-state index in [1.165, 1.54) is 6.07 Å². The van der Waals surface area contributed by atoms with Gasteiger partial charge in [0.05, 0.1) is 11.3 Å². The van der Waals surface area contributed by atoms with Crippen molar-refractivity contribution < 1.29 is 13.2 Å². The highest BCUT2D eigenvalue weighted by Crippen LogP contribution is 2.36. The molecule has 2 aromatic rings. The zero-order valence-electron chi connectivity index (χ0n) is 9.92. The molecule has 0 saturated carbocycles. The number of nitrogens with zero attached hydrogens (tertiary/aromatic N) is 1. The Balaban J connectivity index is 2.58. The molecule has 19 heavy (non-hydrogen) atoms. The van der Waals surface area contributed by atoms with Crippen molar-refractivity contribution in [3.8, 4) is 11.3 Å². The zero-order valence-corrected chi connectivity index (χ0v) is 10.7. The molecule has 1 aromatic heterocycles. The molecule has 0 aliphatic heterocycles. The second-order valence-electron chi connectivity index (χ2n) is 3.89. The van der Waals surface area contributed by atoms with Crippen molar-refractivity contribution in [3.63, 3.8) is 0 Å². The Morgan fingerprint density at radius 3 is 2.63 bits per heavy atom. The van der Waals surface area contributed by atoms with Gasteiger partial charge in [-0.05, 0) is 24.3 Å². The van der Waals surface area contributed by atoms with Gasteiger partial charge in [0, 0.05) is 35.6 Å². The van der Waals surface area contributed by atoms with Crippen LogP contribution >= 0.6 is 11.6 Å². The molecular formula is C13H10ClF3N2. The minimum atomic E-state index is -4.40. The van der Waals surface area contributed by atoms with E-state index < -0.39 is 11.7 Å². The number of aromatic amines is 1. The number of benzene rings is 1. The molecule has 0 amide bonds. The number of hydrogen-bond donors (Lipinski definition) is 1. The summed E-state index contributed by atoms with van der Waals surface area (Å²) >= 11 is 5.98. The second kappa shape index (κ2) is 5.09. The fourth-order valence-electron chi connectivity index (χ4n) is 1.75. The molecule has 0 aliphatic carbocycles. The van der Waals surface area contributed by atoms with E-state index in [0.717, 1.165) is 12.1 Å². The van der Waals surface area contributed by atoms with Crippen molar-refractivity contribution in [1.29, 1.82) is 0 Å². The molecule has 6 heteroatoms. The van der Waals surface area contributed by atoms with Gasteiger partial charge >= 0.3 is 6.18 Å². The first-order valence-corrected chi connectivity index (χ1v) is 5.78. The number of aromatic nitrogens is 1. The Bertz CT molecular complexity index is 615. The highest BCUT2D eigenvalue weighted by atomic mass is 35.5. The monoisotopic (exact) mass is 286 g/mol. The maximum absolute atomic E-state index is 12.7. The number of nitrogens with one attached hydrogen (secondary N) is 1. The molecule has 0 unspecified atom stereocenters. The molecule has 1 N–H and O–H groups in total. The maximum atomic E-state index is 12.7. The average Bonchev–Trinajstić information content (AvgIpc) is 2.77. The molecule has 100 valence electrons. The Hall–Kier alpha value is -1.75. The lowest BCUT2D eigenvalue weighted by atomic mass is 10.1. The van der Waals surface area contributed by atoms with Crippen LogP contribution in [0, 0.1) is 0 Å². The predicted molar refractivity (Wildman–Crippen MR) is 69.8 cm³/mol. The number of alkyl halides is 3. The highest BCUT2D eigenvalue weighted by Gasteiger charge is 2.31. The lowest BCUT2D eigenvalue weighted by Gasteiger charge is -2.10. The summed E-state index contributed by atoms with van der Waals surface area (Å²) in [6.45, 7) is 0. The van der Waals surface area contributed by atoms with Crippen LogP contribution in [0.4, 0.5) is 13.2 Å². The Labute approximate surface area is 112 Å². The fraction of sp³-hybridized carbons (Fsp3) is 0.154. The molecule has 1 aromatic carbocycles. The van der Waals surface area contributed by atoms with Crippen molar-refractivity contribution in [2.24, 2.45) is 4.99 Å². The summed E-state index contributed by atoms with van der Waals surface area (Å²) in [6.07, 6.45) is -1.21. The van der Waals surface area contributed by atoms with E-state index in [1.807, 2.05) is 0 Å². The summed E-state index contributed by atoms with van der Waals surface area (Å²) in [4.78, 5) is 6.74. The van der Waals surface area contributed by atoms with Gasteiger partial charge in [0.15, 0.2) is 0 Å². The fourth-order valence-corrected chi connectivity index (χ4v) is 1.97. The van der Waals surface area contributed by atoms with E-state index in [4.69, 9.17) is 11.6 Å². The quantitative estimate of drug-likeness (QED) is 0.793. The predicted octanol–water partition coefficient (Wildman–Crippen LogP) is 4.40. The topological polar surface area (TPSA) is 28.1 Å². The average molecular weight is 287 g/mol. The van der Waals surface area contributed by atoms with Crippen LogP contribution in [0.3, 0.4) is 0 Å². The largest absolute Gasteiger partial charge is 0.416 e. The SMILES string of the molecule is CN=Cc1cc[nH]c1-c1cc(C(F)(F)F)ccc1Cl. The lowest BCUT2D eigenvalue weighted by Crippen LogP contribution is -2.05. The molecule has 0 bridgehead atoms. The van der Waals surface area contributed by atoms with Crippen molar-refractivity contribution in [3.05, 3.63) is 46.6 Å². The standard InChI is InChI=1S/C13H10ClF3N2/c1-18-7-8-4-5-19-12(8)10-6-9(13(15,16)17)2-3-11(10)14/h2-7,19H,1H3. The van der Waals surface area contributed by atoms with Crippen LogP contribution in [0.1, 0.15) is 11.1 Å². The van der Waals surface area contributed by atoms with Gasteiger partial charge in [-0.2, -0.15) is 13.2 Å². The van der Waals surface area contributed by atoms with Crippen LogP contribution < -0.4 is 0 Å². The van der Waals surface area contributed by atoms with Crippen molar-refractivity contribution in [1.82, 2.24) is 4.98 Å². The summed E-state index contributed by atoms with van der Waals surface area (Å²) in [6, 6.07) is 4.95. The van der Waals surface area contributed by atoms with Crippen LogP contribution in [0.5, 0.6) is 0 Å². The molecule has 0 aliphatic rings. The first-order valence-electron chi connectivity index (χ1n) is 5.40. The second-order valence-corrected chi connectivity index (χ2v) is 4.29. The van der Waals surface area contributed by atoms with Crippen LogP contribution in [0.15, 0.2) is 35.5 Å². The minimum absolute atomic E-state index is 0.251. The van der Waals surface area contributed by atoms with Crippen LogP contribution in [-0.4, -0.2) is 18.2 Å². The summed E-state index contributed by atoms with van der Waals surface area (Å²) < 4.78 is 38.1. The molecule has 0 fully saturated rings. The summed E-state index contributed by atoms with van der Waals surface area (Å²) in [5.74, 6) is 0. The van der Waals surface area contributed by atoms with Gasteiger partial charge in [-0.1, -0.05) is 11.6 Å². The first-order chi connectivity index (χ1) is 8.93. The van der Waals surface area contributed by atoms with Crippen molar-refractivity contribution in [2.75, 3.05) is 7.05 Å². The van der Waals surface area contributed by atoms with Crippen LogP contribution in [-0.2, 0) is 6.18 Å². The van der Waals surface area contributed by atoms with Gasteiger partial charge in [0.1, 0.15) is 0 Å². The number of rotatable bonds is 2.